The Morgan fingerprint density at radius 3 is 2.56 bits per heavy atom. The van der Waals surface area contributed by atoms with Crippen LogP contribution in [-0.2, 0) is 6.54 Å². The average molecular weight is 353 g/mol. The Kier molecular flexibility index (Phi) is 5.34. The van der Waals surface area contributed by atoms with E-state index in [0.717, 1.165) is 16.1 Å². The molecule has 1 N–H and O–H groups in total. The molecule has 1 amide bonds. The van der Waals surface area contributed by atoms with Crippen LogP contribution in [-0.4, -0.2) is 21.7 Å². The Bertz CT molecular complexity index is 822. The van der Waals surface area contributed by atoms with Crippen LogP contribution >= 0.6 is 11.3 Å². The number of hydrogen-bond acceptors (Lipinski definition) is 3. The summed E-state index contributed by atoms with van der Waals surface area (Å²) in [4.78, 5) is 13.8. The number of nitrogens with zero attached hydrogens (tertiary/aromatic N) is 2. The highest BCUT2D eigenvalue weighted by molar-refractivity contribution is 7.13. The number of thiophene rings is 1. The summed E-state index contributed by atoms with van der Waals surface area (Å²) in [6, 6.07) is 14.2. The van der Waals surface area contributed by atoms with Crippen LogP contribution in [0.3, 0.4) is 0 Å². The normalized spacial score (nSPS) is 12.3. The molecule has 0 aliphatic carbocycles. The van der Waals surface area contributed by atoms with E-state index in [1.807, 2.05) is 53.5 Å². The van der Waals surface area contributed by atoms with E-state index in [0.29, 0.717) is 18.0 Å². The van der Waals surface area contributed by atoms with E-state index in [1.54, 1.807) is 11.3 Å². The minimum atomic E-state index is -0.0658. The largest absolute Gasteiger partial charge is 0.349 e. The van der Waals surface area contributed by atoms with Crippen molar-refractivity contribution >= 4 is 17.2 Å². The molecule has 3 rings (SSSR count). The van der Waals surface area contributed by atoms with E-state index in [9.17, 15) is 4.79 Å². The van der Waals surface area contributed by atoms with E-state index in [1.165, 1.54) is 0 Å². The van der Waals surface area contributed by atoms with Crippen LogP contribution in [0.25, 0.3) is 10.6 Å². The fourth-order valence-corrected chi connectivity index (χ4v) is 3.21. The summed E-state index contributed by atoms with van der Waals surface area (Å²) in [5.74, 6) is 0.317. The van der Waals surface area contributed by atoms with E-state index in [-0.39, 0.29) is 11.9 Å². The van der Waals surface area contributed by atoms with Crippen LogP contribution in [0.15, 0.2) is 54.0 Å². The summed E-state index contributed by atoms with van der Waals surface area (Å²) in [6.45, 7) is 6.88. The summed E-state index contributed by atoms with van der Waals surface area (Å²) in [5.41, 5.74) is 2.54. The molecular formula is C20H23N3OS. The quantitative estimate of drug-likeness (QED) is 0.712. The van der Waals surface area contributed by atoms with Gasteiger partial charge in [-0.25, -0.2) is 0 Å². The van der Waals surface area contributed by atoms with E-state index < -0.39 is 0 Å². The Balaban J connectivity index is 1.91. The molecule has 0 radical (unpaired) electrons. The maximum absolute atomic E-state index is 12.8. The predicted molar refractivity (Wildman–Crippen MR) is 103 cm³/mol. The maximum Gasteiger partial charge on any atom is 0.255 e. The van der Waals surface area contributed by atoms with Crippen molar-refractivity contribution in [3.8, 4) is 10.6 Å². The second-order valence-electron chi connectivity index (χ2n) is 6.56. The third-order valence-corrected chi connectivity index (χ3v) is 5.18. The molecule has 1 aromatic carbocycles. The van der Waals surface area contributed by atoms with Gasteiger partial charge in [-0.3, -0.25) is 9.48 Å². The van der Waals surface area contributed by atoms with Gasteiger partial charge in [0.25, 0.3) is 5.91 Å². The summed E-state index contributed by atoms with van der Waals surface area (Å²) in [7, 11) is 0. The first-order valence-electron chi connectivity index (χ1n) is 8.50. The SMILES string of the molecule is CC(C)C(C)NC(=O)c1cn(Cc2ccccc2)nc1-c1cccs1. The summed E-state index contributed by atoms with van der Waals surface area (Å²) in [6.07, 6.45) is 1.85. The number of carbonyl (C=O) groups excluding carboxylic acids is 1. The number of amides is 1. The van der Waals surface area contributed by atoms with Gasteiger partial charge in [0.1, 0.15) is 5.69 Å². The molecule has 0 saturated carbocycles. The highest BCUT2D eigenvalue weighted by Gasteiger charge is 2.21. The van der Waals surface area contributed by atoms with E-state index in [2.05, 4.69) is 36.4 Å². The zero-order valence-electron chi connectivity index (χ0n) is 14.8. The van der Waals surface area contributed by atoms with Crippen LogP contribution in [0.5, 0.6) is 0 Å². The zero-order valence-corrected chi connectivity index (χ0v) is 15.6. The van der Waals surface area contributed by atoms with Gasteiger partial charge in [-0.1, -0.05) is 50.2 Å². The fourth-order valence-electron chi connectivity index (χ4n) is 2.49. The molecule has 25 heavy (non-hydrogen) atoms. The molecule has 0 aliphatic rings. The van der Waals surface area contributed by atoms with Gasteiger partial charge >= 0.3 is 0 Å². The van der Waals surface area contributed by atoms with Crippen molar-refractivity contribution in [2.24, 2.45) is 5.92 Å². The van der Waals surface area contributed by atoms with Gasteiger partial charge in [0, 0.05) is 12.2 Å². The van der Waals surface area contributed by atoms with Crippen LogP contribution in [0.2, 0.25) is 0 Å². The number of benzene rings is 1. The smallest absolute Gasteiger partial charge is 0.255 e. The summed E-state index contributed by atoms with van der Waals surface area (Å²) in [5, 5.41) is 9.78. The second kappa shape index (κ2) is 7.66. The van der Waals surface area contributed by atoms with Gasteiger partial charge in [0.15, 0.2) is 0 Å². The van der Waals surface area contributed by atoms with E-state index in [4.69, 9.17) is 0 Å². The summed E-state index contributed by atoms with van der Waals surface area (Å²) >= 11 is 1.60. The highest BCUT2D eigenvalue weighted by Crippen LogP contribution is 2.27. The molecule has 0 saturated heterocycles. The number of nitrogens with one attached hydrogen (secondary N) is 1. The third kappa shape index (κ3) is 4.17. The Hall–Kier alpha value is -2.40. The Labute approximate surface area is 152 Å². The lowest BCUT2D eigenvalue weighted by molar-refractivity contribution is 0.0931. The van der Waals surface area contributed by atoms with Crippen molar-refractivity contribution in [3.05, 3.63) is 65.2 Å². The lowest BCUT2D eigenvalue weighted by Gasteiger charge is -2.17. The molecule has 5 heteroatoms. The molecule has 130 valence electrons. The first kappa shape index (κ1) is 17.4. The van der Waals surface area contributed by atoms with Crippen molar-refractivity contribution in [2.45, 2.75) is 33.4 Å². The first-order chi connectivity index (χ1) is 12.0. The number of carbonyl (C=O) groups is 1. The molecule has 2 heterocycles. The maximum atomic E-state index is 12.8. The zero-order chi connectivity index (χ0) is 17.8. The van der Waals surface area contributed by atoms with Crippen molar-refractivity contribution in [1.82, 2.24) is 15.1 Å². The molecule has 2 aromatic heterocycles. The van der Waals surface area contributed by atoms with Crippen molar-refractivity contribution in [2.75, 3.05) is 0 Å². The van der Waals surface area contributed by atoms with E-state index >= 15 is 0 Å². The average Bonchev–Trinajstić information content (AvgIpc) is 3.24. The molecule has 1 unspecified atom stereocenters. The monoisotopic (exact) mass is 353 g/mol. The minimum absolute atomic E-state index is 0.0658. The number of rotatable bonds is 6. The van der Waals surface area contributed by atoms with Crippen molar-refractivity contribution < 1.29 is 4.79 Å². The Morgan fingerprint density at radius 2 is 1.92 bits per heavy atom. The van der Waals surface area contributed by atoms with Crippen LogP contribution in [0, 0.1) is 5.92 Å². The van der Waals surface area contributed by atoms with Gasteiger partial charge in [-0.05, 0) is 29.9 Å². The standard InChI is InChI=1S/C20H23N3OS/c1-14(2)15(3)21-20(24)17-13-23(12-16-8-5-4-6-9-16)22-19(17)18-10-7-11-25-18/h4-11,13-15H,12H2,1-3H3,(H,21,24). The van der Waals surface area contributed by atoms with Crippen LogP contribution < -0.4 is 5.32 Å². The van der Waals surface area contributed by atoms with Gasteiger partial charge in [0.05, 0.1) is 17.0 Å². The fraction of sp³-hybridized carbons (Fsp3) is 0.300. The van der Waals surface area contributed by atoms with Gasteiger partial charge in [0.2, 0.25) is 0 Å². The van der Waals surface area contributed by atoms with Crippen LogP contribution in [0.1, 0.15) is 36.7 Å². The minimum Gasteiger partial charge on any atom is -0.349 e. The Morgan fingerprint density at radius 1 is 1.16 bits per heavy atom. The molecular weight excluding hydrogens is 330 g/mol. The lowest BCUT2D eigenvalue weighted by atomic mass is 10.1. The molecule has 0 fully saturated rings. The molecule has 4 nitrogen and oxygen atoms in total. The lowest BCUT2D eigenvalue weighted by Crippen LogP contribution is -2.36. The number of hydrogen-bond donors (Lipinski definition) is 1. The predicted octanol–water partition coefficient (Wildman–Crippen LogP) is 4.43. The molecule has 3 aromatic rings. The molecule has 0 aliphatic heterocycles. The topological polar surface area (TPSA) is 46.9 Å². The van der Waals surface area contributed by atoms with Gasteiger partial charge in [-0.15, -0.1) is 11.3 Å². The molecule has 0 spiro atoms. The van der Waals surface area contributed by atoms with Crippen molar-refractivity contribution in [3.63, 3.8) is 0 Å². The molecule has 0 bridgehead atoms. The first-order valence-corrected chi connectivity index (χ1v) is 9.38. The van der Waals surface area contributed by atoms with Crippen molar-refractivity contribution in [1.29, 1.82) is 0 Å². The second-order valence-corrected chi connectivity index (χ2v) is 7.51. The van der Waals surface area contributed by atoms with Crippen LogP contribution in [0.4, 0.5) is 0 Å². The number of aromatic nitrogens is 2. The third-order valence-electron chi connectivity index (χ3n) is 4.31. The molecule has 1 atom stereocenters. The summed E-state index contributed by atoms with van der Waals surface area (Å²) < 4.78 is 1.85. The highest BCUT2D eigenvalue weighted by atomic mass is 32.1. The van der Waals surface area contributed by atoms with Gasteiger partial charge in [-0.2, -0.15) is 5.10 Å². The van der Waals surface area contributed by atoms with Gasteiger partial charge < -0.3 is 5.32 Å².